The Kier molecular flexibility index (Phi) is 4.66. The van der Waals surface area contributed by atoms with E-state index in [0.717, 1.165) is 0 Å². The van der Waals surface area contributed by atoms with Gasteiger partial charge in [-0.1, -0.05) is 0 Å². The Hall–Kier alpha value is 0.354. The molecule has 0 unspecified atom stereocenters. The first kappa shape index (κ1) is 5.35. The van der Waals surface area contributed by atoms with E-state index in [4.69, 9.17) is 0 Å². The first-order chi connectivity index (χ1) is 2.41. The van der Waals surface area contributed by atoms with Gasteiger partial charge in [0.1, 0.15) is 10.4 Å². The zero-order valence-electron chi connectivity index (χ0n) is 3.00. The molecule has 0 rings (SSSR count). The van der Waals surface area contributed by atoms with Crippen LogP contribution in [0.15, 0.2) is 0 Å². The lowest BCUT2D eigenvalue weighted by Crippen LogP contribution is -2.27. The summed E-state index contributed by atoms with van der Waals surface area (Å²) in [7, 11) is 5.54. The molecule has 0 saturated heterocycles. The molecule has 0 amide bonds. The Labute approximate surface area is 37.8 Å². The quantitative estimate of drug-likeness (QED) is 0.410. The SMILES string of the molecule is CN[Si]N[Si]. The fourth-order valence-corrected chi connectivity index (χ4v) is 0.562. The van der Waals surface area contributed by atoms with Gasteiger partial charge in [0, 0.05) is 0 Å². The van der Waals surface area contributed by atoms with Gasteiger partial charge in [0.25, 0.3) is 0 Å². The van der Waals surface area contributed by atoms with Crippen LogP contribution < -0.4 is 9.63 Å². The zero-order chi connectivity index (χ0) is 4.12. The average molecular weight is 101 g/mol. The van der Waals surface area contributed by atoms with Crippen molar-refractivity contribution in [3.05, 3.63) is 0 Å². The van der Waals surface area contributed by atoms with Crippen LogP contribution in [0.25, 0.3) is 0 Å². The maximum atomic E-state index is 3.05. The molecule has 4 heteroatoms. The van der Waals surface area contributed by atoms with Crippen LogP contribution in [0.3, 0.4) is 0 Å². The van der Waals surface area contributed by atoms with Crippen molar-refractivity contribution < 1.29 is 0 Å². The van der Waals surface area contributed by atoms with E-state index < -0.39 is 0 Å². The van der Waals surface area contributed by atoms with Gasteiger partial charge in [-0.3, -0.25) is 0 Å². The van der Waals surface area contributed by atoms with Crippen LogP contribution in [0.2, 0.25) is 0 Å². The highest BCUT2D eigenvalue weighted by molar-refractivity contribution is 6.39. The van der Waals surface area contributed by atoms with E-state index >= 15 is 0 Å². The Morgan fingerprint density at radius 2 is 2.40 bits per heavy atom. The van der Waals surface area contributed by atoms with Gasteiger partial charge in [-0.15, -0.1) is 0 Å². The molecule has 0 aliphatic heterocycles. The van der Waals surface area contributed by atoms with E-state index in [0.29, 0.717) is 9.84 Å². The first-order valence-electron chi connectivity index (χ1n) is 1.25. The maximum Gasteiger partial charge on any atom is 0.237 e. The van der Waals surface area contributed by atoms with Gasteiger partial charge in [0.15, 0.2) is 0 Å². The third-order valence-electron chi connectivity index (χ3n) is 0.188. The highest BCUT2D eigenvalue weighted by atomic mass is 28.3. The van der Waals surface area contributed by atoms with Crippen LogP contribution >= 0.6 is 0 Å². The number of hydrogen-bond donors (Lipinski definition) is 2. The third kappa shape index (κ3) is 4.35. The van der Waals surface area contributed by atoms with Gasteiger partial charge in [0.05, 0.1) is 0 Å². The van der Waals surface area contributed by atoms with Crippen LogP contribution in [0, 0.1) is 0 Å². The minimum atomic E-state index is 0.611. The molecule has 0 atom stereocenters. The third-order valence-corrected chi connectivity index (χ3v) is 0.938. The molecule has 0 aromatic rings. The van der Waals surface area contributed by atoms with Gasteiger partial charge >= 0.3 is 0 Å². The Morgan fingerprint density at radius 3 is 2.40 bits per heavy atom. The van der Waals surface area contributed by atoms with Crippen molar-refractivity contribution in [2.24, 2.45) is 0 Å². The van der Waals surface area contributed by atoms with E-state index in [1.54, 1.807) is 0 Å². The van der Waals surface area contributed by atoms with Crippen molar-refractivity contribution in [2.75, 3.05) is 7.05 Å². The summed E-state index contributed by atoms with van der Waals surface area (Å²) in [5, 5.41) is 0. The summed E-state index contributed by atoms with van der Waals surface area (Å²) in [4.78, 5) is 2.89. The summed E-state index contributed by atoms with van der Waals surface area (Å²) in [6.07, 6.45) is 0. The molecule has 0 heterocycles. The summed E-state index contributed by atoms with van der Waals surface area (Å²) in [5.74, 6) is 0. The van der Waals surface area contributed by atoms with Gasteiger partial charge in [-0.05, 0) is 7.05 Å². The predicted molar refractivity (Wildman–Crippen MR) is 23.7 cm³/mol. The summed E-state index contributed by atoms with van der Waals surface area (Å²) < 4.78 is 2.74. The average Bonchev–Trinajstić information content (AvgIpc) is 1.41. The number of rotatable bonds is 2. The second kappa shape index (κ2) is 4.35. The number of hydrogen-bond acceptors (Lipinski definition) is 2. The molecule has 5 heavy (non-hydrogen) atoms. The van der Waals surface area contributed by atoms with E-state index in [2.05, 4.69) is 20.0 Å². The van der Waals surface area contributed by atoms with Crippen molar-refractivity contribution in [2.45, 2.75) is 0 Å². The molecular weight excluding hydrogens is 96.2 g/mol. The topological polar surface area (TPSA) is 24.1 Å². The second-order valence-electron chi connectivity index (χ2n) is 0.500. The first-order valence-corrected chi connectivity index (χ1v) is 2.75. The van der Waals surface area contributed by atoms with Crippen LogP contribution in [-0.4, -0.2) is 27.3 Å². The fraction of sp³-hybridized carbons (Fsp3) is 1.00. The molecule has 0 aliphatic carbocycles. The number of nitrogens with one attached hydrogen (secondary N) is 2. The molecule has 0 fully saturated rings. The summed E-state index contributed by atoms with van der Waals surface area (Å²) in [6.45, 7) is 0. The minimum Gasteiger partial charge on any atom is -0.351 e. The predicted octanol–water partition coefficient (Wildman–Crippen LogP) is -1.59. The molecule has 2 N–H and O–H groups in total. The molecule has 27 valence electrons. The fourth-order valence-electron chi connectivity index (χ4n) is 0.0625. The Balaban J connectivity index is 2.19. The summed E-state index contributed by atoms with van der Waals surface area (Å²) >= 11 is 0. The maximum absolute atomic E-state index is 3.05. The minimum absolute atomic E-state index is 0.611. The van der Waals surface area contributed by atoms with E-state index in [1.165, 1.54) is 0 Å². The van der Waals surface area contributed by atoms with Crippen LogP contribution in [0.5, 0.6) is 0 Å². The lowest BCUT2D eigenvalue weighted by molar-refractivity contribution is 1.21. The smallest absolute Gasteiger partial charge is 0.237 e. The molecule has 0 aromatic heterocycles. The second-order valence-corrected chi connectivity index (χ2v) is 2.25. The van der Waals surface area contributed by atoms with Gasteiger partial charge in [-0.25, -0.2) is 0 Å². The highest BCUT2D eigenvalue weighted by Crippen LogP contribution is 1.22. The molecule has 5 radical (unpaired) electrons. The molecule has 0 aromatic carbocycles. The van der Waals surface area contributed by atoms with Gasteiger partial charge < -0.3 is 9.63 Å². The Bertz CT molecular complexity index is 15.1. The van der Waals surface area contributed by atoms with E-state index in [-0.39, 0.29) is 0 Å². The van der Waals surface area contributed by atoms with Gasteiger partial charge in [-0.2, -0.15) is 0 Å². The monoisotopic (exact) mass is 101 g/mol. The zero-order valence-corrected chi connectivity index (χ0v) is 5.00. The van der Waals surface area contributed by atoms with E-state index in [1.807, 2.05) is 7.05 Å². The molecule has 0 saturated carbocycles. The van der Waals surface area contributed by atoms with Crippen molar-refractivity contribution in [1.82, 2.24) is 9.63 Å². The summed E-state index contributed by atoms with van der Waals surface area (Å²) in [5.41, 5.74) is 0. The molecule has 2 nitrogen and oxygen atoms in total. The van der Waals surface area contributed by atoms with Crippen molar-refractivity contribution in [3.63, 3.8) is 0 Å². The van der Waals surface area contributed by atoms with Crippen LogP contribution in [-0.2, 0) is 0 Å². The largest absolute Gasteiger partial charge is 0.351 e. The molecule has 0 bridgehead atoms. The van der Waals surface area contributed by atoms with E-state index in [9.17, 15) is 0 Å². The molecule has 0 aliphatic rings. The van der Waals surface area contributed by atoms with Crippen LogP contribution in [0.4, 0.5) is 0 Å². The van der Waals surface area contributed by atoms with Crippen molar-refractivity contribution in [1.29, 1.82) is 0 Å². The normalized spacial score (nSPS) is 8.40. The van der Waals surface area contributed by atoms with Crippen molar-refractivity contribution in [3.8, 4) is 0 Å². The lowest BCUT2D eigenvalue weighted by atomic mass is 11.6. The van der Waals surface area contributed by atoms with Gasteiger partial charge in [0.2, 0.25) is 9.84 Å². The van der Waals surface area contributed by atoms with Crippen molar-refractivity contribution >= 4 is 20.2 Å². The summed E-state index contributed by atoms with van der Waals surface area (Å²) in [6, 6.07) is 0. The molecule has 0 spiro atoms. The van der Waals surface area contributed by atoms with Crippen LogP contribution in [0.1, 0.15) is 0 Å². The highest BCUT2D eigenvalue weighted by Gasteiger charge is 1.67. The Morgan fingerprint density at radius 1 is 1.80 bits per heavy atom. The standard InChI is InChI=1S/CH5N2Si2/c1-2-5-3-4/h2-3H,1H3. The molecular formula is CH5N2Si2. The lowest BCUT2D eigenvalue weighted by Gasteiger charge is -1.83.